The highest BCUT2D eigenvalue weighted by Gasteiger charge is 2.38. The molecule has 2 aliphatic rings. The summed E-state index contributed by atoms with van der Waals surface area (Å²) in [6.45, 7) is 4.28. The lowest BCUT2D eigenvalue weighted by Gasteiger charge is -2.26. The van der Waals surface area contributed by atoms with Crippen LogP contribution in [0.1, 0.15) is 49.4 Å². The van der Waals surface area contributed by atoms with Crippen molar-refractivity contribution in [1.82, 2.24) is 4.57 Å². The van der Waals surface area contributed by atoms with Crippen molar-refractivity contribution in [1.29, 1.82) is 0 Å². The Morgan fingerprint density at radius 1 is 1.02 bits per heavy atom. The number of anilines is 1. The molecule has 44 heavy (non-hydrogen) atoms. The molecule has 2 aliphatic heterocycles. The van der Waals surface area contributed by atoms with Crippen LogP contribution in [0.2, 0.25) is 0 Å². The Morgan fingerprint density at radius 2 is 1.77 bits per heavy atom. The largest absolute Gasteiger partial charge is 0.496 e. The number of hydrogen-bond acceptors (Lipinski definition) is 7. The summed E-state index contributed by atoms with van der Waals surface area (Å²) in [5, 5.41) is 0. The molecule has 0 spiro atoms. The number of thiazole rings is 1. The van der Waals surface area contributed by atoms with Gasteiger partial charge < -0.3 is 14.4 Å². The predicted octanol–water partition coefficient (Wildman–Crippen LogP) is 5.27. The number of allylic oxidation sites excluding steroid dienone is 1. The lowest BCUT2D eigenvalue weighted by molar-refractivity contribution is -0.139. The van der Waals surface area contributed by atoms with Crippen LogP contribution in [0.3, 0.4) is 0 Å². The maximum Gasteiger partial charge on any atom is 0.338 e. The molecule has 8 nitrogen and oxygen atoms in total. The van der Waals surface area contributed by atoms with Crippen molar-refractivity contribution >= 4 is 50.4 Å². The van der Waals surface area contributed by atoms with Crippen LogP contribution < -0.4 is 24.5 Å². The number of amides is 1. The minimum atomic E-state index is -0.851. The summed E-state index contributed by atoms with van der Waals surface area (Å²) in [6, 6.07) is 21.9. The van der Waals surface area contributed by atoms with E-state index in [4.69, 9.17) is 14.5 Å². The third-order valence-corrected chi connectivity index (χ3v) is 9.24. The van der Waals surface area contributed by atoms with Gasteiger partial charge >= 0.3 is 5.97 Å². The summed E-state index contributed by atoms with van der Waals surface area (Å²) in [5.41, 5.74) is 3.76. The van der Waals surface area contributed by atoms with Crippen LogP contribution in [0.4, 0.5) is 5.69 Å². The Hall–Kier alpha value is -4.28. The predicted molar refractivity (Wildman–Crippen MR) is 173 cm³/mol. The molecule has 0 unspecified atom stereocenters. The number of esters is 1. The smallest absolute Gasteiger partial charge is 0.338 e. The Bertz CT molecular complexity index is 2000. The third kappa shape index (κ3) is 5.11. The number of aromatic nitrogens is 1. The maximum atomic E-state index is 14.6. The molecule has 0 saturated carbocycles. The quantitative estimate of drug-likeness (QED) is 0.238. The molecule has 1 atom stereocenters. The van der Waals surface area contributed by atoms with E-state index in [0.717, 1.165) is 22.1 Å². The fourth-order valence-electron chi connectivity index (χ4n) is 5.80. The normalized spacial score (nSPS) is 16.9. The monoisotopic (exact) mass is 671 g/mol. The van der Waals surface area contributed by atoms with Gasteiger partial charge in [0.25, 0.3) is 11.5 Å². The SMILES string of the molecule is CCCC1=C(C(=O)OCC)[C@H](c2ccccc2OC)n2c(s/c(=C3\C(=O)N(Cc4ccccc4)c4ccc(Br)cc43)c2=O)=N1. The number of carbonyl (C=O) groups is 2. The van der Waals surface area contributed by atoms with Crippen LogP contribution in [0, 0.1) is 0 Å². The van der Waals surface area contributed by atoms with Crippen LogP contribution in [0.25, 0.3) is 5.57 Å². The minimum Gasteiger partial charge on any atom is -0.496 e. The van der Waals surface area contributed by atoms with E-state index in [2.05, 4.69) is 15.9 Å². The summed E-state index contributed by atoms with van der Waals surface area (Å²) in [5.74, 6) is -0.274. The molecule has 1 aromatic heterocycles. The second kappa shape index (κ2) is 12.4. The molecular formula is C34H30BrN3O5S. The highest BCUT2D eigenvalue weighted by molar-refractivity contribution is 9.10. The Morgan fingerprint density at radius 3 is 2.50 bits per heavy atom. The molecule has 0 bridgehead atoms. The number of nitrogens with zero attached hydrogens (tertiary/aromatic N) is 3. The van der Waals surface area contributed by atoms with E-state index < -0.39 is 17.6 Å². The van der Waals surface area contributed by atoms with E-state index in [-0.39, 0.29) is 17.0 Å². The highest BCUT2D eigenvalue weighted by atomic mass is 79.9. The van der Waals surface area contributed by atoms with Crippen LogP contribution in [-0.2, 0) is 20.9 Å². The molecule has 0 radical (unpaired) electrons. The van der Waals surface area contributed by atoms with Crippen molar-refractivity contribution in [3.63, 3.8) is 0 Å². The van der Waals surface area contributed by atoms with Crippen LogP contribution in [0.5, 0.6) is 5.75 Å². The zero-order chi connectivity index (χ0) is 31.0. The van der Waals surface area contributed by atoms with Gasteiger partial charge in [-0.1, -0.05) is 89.1 Å². The number of fused-ring (bicyclic) bond motifs is 2. The summed E-state index contributed by atoms with van der Waals surface area (Å²) in [6.07, 6.45) is 1.24. The molecular weight excluding hydrogens is 642 g/mol. The summed E-state index contributed by atoms with van der Waals surface area (Å²) < 4.78 is 13.8. The van der Waals surface area contributed by atoms with Gasteiger partial charge in [0.05, 0.1) is 42.8 Å². The third-order valence-electron chi connectivity index (χ3n) is 7.69. The van der Waals surface area contributed by atoms with Crippen molar-refractivity contribution in [2.24, 2.45) is 4.99 Å². The number of benzene rings is 3. The molecule has 10 heteroatoms. The average molecular weight is 673 g/mol. The first-order chi connectivity index (χ1) is 21.4. The van der Waals surface area contributed by atoms with E-state index in [9.17, 15) is 14.4 Å². The lowest BCUT2D eigenvalue weighted by atomic mass is 9.93. The van der Waals surface area contributed by atoms with Gasteiger partial charge in [0.2, 0.25) is 0 Å². The highest BCUT2D eigenvalue weighted by Crippen LogP contribution is 2.39. The van der Waals surface area contributed by atoms with Gasteiger partial charge in [0.1, 0.15) is 16.3 Å². The van der Waals surface area contributed by atoms with Crippen molar-refractivity contribution in [2.45, 2.75) is 39.3 Å². The molecule has 0 saturated heterocycles. The van der Waals surface area contributed by atoms with Crippen molar-refractivity contribution in [2.75, 3.05) is 18.6 Å². The van der Waals surface area contributed by atoms with Crippen molar-refractivity contribution < 1.29 is 19.1 Å². The Labute approximate surface area is 266 Å². The van der Waals surface area contributed by atoms with E-state index in [1.54, 1.807) is 25.0 Å². The molecule has 0 fully saturated rings. The number of carbonyl (C=O) groups excluding carboxylic acids is 2. The molecule has 1 amide bonds. The molecule has 0 N–H and O–H groups in total. The number of para-hydroxylation sites is 1. The molecule has 3 aromatic carbocycles. The minimum absolute atomic E-state index is 0.173. The standard InChI is InChI=1S/C34H30BrN3O5S/c1-4-11-24-28(33(41)43-5-2)29(22-14-9-10-15-26(22)42-3)38-32(40)30(44-34(38)36-24)27-23-18-21(35)16-17-25(23)37(31(27)39)19-20-12-7-6-8-13-20/h6-10,12-18,29H,4-5,11,19H2,1-3H3/b30-27-/t29-/m0/s1. The Kier molecular flexibility index (Phi) is 8.38. The van der Waals surface area contributed by atoms with E-state index in [0.29, 0.717) is 51.5 Å². The topological polar surface area (TPSA) is 90.2 Å². The maximum absolute atomic E-state index is 14.6. The van der Waals surface area contributed by atoms with Crippen molar-refractivity contribution in [3.05, 3.63) is 125 Å². The zero-order valence-corrected chi connectivity index (χ0v) is 26.9. The van der Waals surface area contributed by atoms with Gasteiger partial charge in [-0.2, -0.15) is 0 Å². The van der Waals surface area contributed by atoms with Crippen LogP contribution in [-0.4, -0.2) is 30.2 Å². The second-order valence-electron chi connectivity index (χ2n) is 10.4. The van der Waals surface area contributed by atoms with Gasteiger partial charge in [-0.05, 0) is 43.2 Å². The zero-order valence-electron chi connectivity index (χ0n) is 24.5. The lowest BCUT2D eigenvalue weighted by Crippen LogP contribution is -2.41. The second-order valence-corrected chi connectivity index (χ2v) is 12.3. The van der Waals surface area contributed by atoms with Gasteiger partial charge in [0, 0.05) is 15.6 Å². The van der Waals surface area contributed by atoms with E-state index >= 15 is 0 Å². The molecule has 6 rings (SSSR count). The van der Waals surface area contributed by atoms with Gasteiger partial charge in [-0.25, -0.2) is 9.79 Å². The first-order valence-corrected chi connectivity index (χ1v) is 16.0. The number of rotatable bonds is 8. The summed E-state index contributed by atoms with van der Waals surface area (Å²) in [7, 11) is 1.55. The summed E-state index contributed by atoms with van der Waals surface area (Å²) >= 11 is 4.72. The fourth-order valence-corrected chi connectivity index (χ4v) is 7.27. The van der Waals surface area contributed by atoms with E-state index in [1.165, 1.54) is 15.9 Å². The van der Waals surface area contributed by atoms with Gasteiger partial charge in [0.15, 0.2) is 4.80 Å². The molecule has 3 heterocycles. The number of ether oxygens (including phenoxy) is 2. The van der Waals surface area contributed by atoms with Crippen LogP contribution in [0.15, 0.2) is 98.3 Å². The van der Waals surface area contributed by atoms with Gasteiger partial charge in [-0.15, -0.1) is 0 Å². The summed E-state index contributed by atoms with van der Waals surface area (Å²) in [4.78, 5) is 49.3. The first kappa shape index (κ1) is 29.8. The first-order valence-electron chi connectivity index (χ1n) is 14.4. The average Bonchev–Trinajstić information content (AvgIpc) is 3.48. The van der Waals surface area contributed by atoms with Crippen LogP contribution >= 0.6 is 27.3 Å². The molecule has 4 aromatic rings. The van der Waals surface area contributed by atoms with Gasteiger partial charge in [-0.3, -0.25) is 14.2 Å². The van der Waals surface area contributed by atoms with E-state index in [1.807, 2.05) is 73.7 Å². The number of hydrogen-bond donors (Lipinski definition) is 0. The Balaban J connectivity index is 1.64. The number of halogens is 1. The van der Waals surface area contributed by atoms with Crippen molar-refractivity contribution in [3.8, 4) is 5.75 Å². The molecule has 0 aliphatic carbocycles. The molecule has 224 valence electrons. The fraction of sp³-hybridized carbons (Fsp3) is 0.235. The number of methoxy groups -OCH3 is 1.